The van der Waals surface area contributed by atoms with Crippen LogP contribution in [0.1, 0.15) is 32.6 Å². The summed E-state index contributed by atoms with van der Waals surface area (Å²) in [4.78, 5) is 35.7. The van der Waals surface area contributed by atoms with Crippen molar-refractivity contribution < 1.29 is 14.4 Å². The summed E-state index contributed by atoms with van der Waals surface area (Å²) in [6.45, 7) is 2.73. The van der Waals surface area contributed by atoms with Gasteiger partial charge in [0.2, 0.25) is 11.8 Å². The Kier molecular flexibility index (Phi) is 5.12. The van der Waals surface area contributed by atoms with Crippen molar-refractivity contribution in [2.45, 2.75) is 32.6 Å². The van der Waals surface area contributed by atoms with Crippen LogP contribution in [-0.4, -0.2) is 42.6 Å². The highest BCUT2D eigenvalue weighted by atomic mass is 16.2. The maximum absolute atomic E-state index is 11.7. The van der Waals surface area contributed by atoms with E-state index in [0.717, 1.165) is 0 Å². The first-order chi connectivity index (χ1) is 8.04. The average molecular weight is 240 g/mol. The zero-order valence-electron chi connectivity index (χ0n) is 10.5. The minimum Gasteiger partial charge on any atom is -0.359 e. The van der Waals surface area contributed by atoms with Gasteiger partial charge in [-0.3, -0.25) is 9.59 Å². The highest BCUT2D eigenvalue weighted by Crippen LogP contribution is 2.18. The van der Waals surface area contributed by atoms with Crippen LogP contribution in [0.5, 0.6) is 0 Å². The normalized spacial score (nSPS) is 16.7. The van der Waals surface area contributed by atoms with Crippen molar-refractivity contribution in [3.05, 3.63) is 0 Å². The van der Waals surface area contributed by atoms with Crippen LogP contribution in [0, 0.1) is 5.92 Å². The number of Topliss-reactive ketones (excluding diaryl/α,β-unsaturated/α-hetero) is 1. The summed E-state index contributed by atoms with van der Waals surface area (Å²) < 4.78 is 0. The lowest BCUT2D eigenvalue weighted by Gasteiger charge is -2.31. The highest BCUT2D eigenvalue weighted by Gasteiger charge is 2.26. The summed E-state index contributed by atoms with van der Waals surface area (Å²) in [7, 11) is 1.63. The Morgan fingerprint density at radius 1 is 1.18 bits per heavy atom. The Hall–Kier alpha value is -1.39. The number of amides is 2. The van der Waals surface area contributed by atoms with Crippen LogP contribution in [0.25, 0.3) is 0 Å². The predicted octanol–water partition coefficient (Wildman–Crippen LogP) is 0.340. The van der Waals surface area contributed by atoms with E-state index in [1.165, 1.54) is 6.92 Å². The molecule has 1 rings (SSSR count). The van der Waals surface area contributed by atoms with E-state index in [1.807, 2.05) is 0 Å². The van der Waals surface area contributed by atoms with Gasteiger partial charge in [-0.2, -0.15) is 0 Å². The molecule has 5 nitrogen and oxygen atoms in total. The second-order valence-electron chi connectivity index (χ2n) is 4.47. The van der Waals surface area contributed by atoms with Gasteiger partial charge in [0.15, 0.2) is 0 Å². The minimum atomic E-state index is 0.0237. The Balaban J connectivity index is 2.33. The number of likely N-dealkylation sites (tertiary alicyclic amines) is 1. The molecule has 0 radical (unpaired) electrons. The fraction of sp³-hybridized carbons (Fsp3) is 0.750. The van der Waals surface area contributed by atoms with Crippen LogP contribution in [-0.2, 0) is 14.4 Å². The molecule has 0 bridgehead atoms. The third-order valence-electron chi connectivity index (χ3n) is 3.16. The van der Waals surface area contributed by atoms with E-state index in [0.29, 0.717) is 38.8 Å². The first kappa shape index (κ1) is 13.7. The minimum absolute atomic E-state index is 0.0237. The monoisotopic (exact) mass is 240 g/mol. The summed E-state index contributed by atoms with van der Waals surface area (Å²) >= 11 is 0. The number of hydrogen-bond donors (Lipinski definition) is 1. The largest absolute Gasteiger partial charge is 0.359 e. The van der Waals surface area contributed by atoms with Crippen molar-refractivity contribution >= 4 is 17.6 Å². The molecule has 1 aliphatic rings. The highest BCUT2D eigenvalue weighted by molar-refractivity contribution is 5.84. The molecule has 5 heteroatoms. The van der Waals surface area contributed by atoms with Gasteiger partial charge in [-0.05, 0) is 19.8 Å². The van der Waals surface area contributed by atoms with Crippen LogP contribution in [0.3, 0.4) is 0 Å². The summed E-state index contributed by atoms with van der Waals surface area (Å²) in [6.07, 6.45) is 2.03. The van der Waals surface area contributed by atoms with Gasteiger partial charge >= 0.3 is 0 Å². The summed E-state index contributed by atoms with van der Waals surface area (Å²) in [5.74, 6) is 0.145. The molecule has 0 aromatic rings. The summed E-state index contributed by atoms with van der Waals surface area (Å²) in [5.41, 5.74) is 0. The number of piperidine rings is 1. The van der Waals surface area contributed by atoms with Gasteiger partial charge in [0.1, 0.15) is 5.78 Å². The van der Waals surface area contributed by atoms with Gasteiger partial charge in [-0.1, -0.05) is 0 Å². The molecule has 0 aromatic carbocycles. The molecular weight excluding hydrogens is 220 g/mol. The molecule has 1 N–H and O–H groups in total. The number of nitrogens with one attached hydrogen (secondary N) is 1. The molecule has 0 atom stereocenters. The van der Waals surface area contributed by atoms with Gasteiger partial charge in [0.25, 0.3) is 0 Å². The molecule has 0 saturated carbocycles. The zero-order chi connectivity index (χ0) is 12.8. The fourth-order valence-corrected chi connectivity index (χ4v) is 2.04. The van der Waals surface area contributed by atoms with Crippen molar-refractivity contribution in [2.24, 2.45) is 5.92 Å². The summed E-state index contributed by atoms with van der Waals surface area (Å²) in [6, 6.07) is 0. The Morgan fingerprint density at radius 3 is 2.24 bits per heavy atom. The molecule has 0 unspecified atom stereocenters. The van der Waals surface area contributed by atoms with Crippen LogP contribution in [0.15, 0.2) is 0 Å². The maximum Gasteiger partial charge on any atom is 0.223 e. The predicted molar refractivity (Wildman–Crippen MR) is 63.3 cm³/mol. The van der Waals surface area contributed by atoms with Gasteiger partial charge in [0.05, 0.1) is 0 Å². The molecule has 0 aromatic heterocycles. The quantitative estimate of drug-likeness (QED) is 0.770. The average Bonchev–Trinajstić information content (AvgIpc) is 2.35. The van der Waals surface area contributed by atoms with E-state index in [2.05, 4.69) is 5.32 Å². The Labute approximate surface area is 102 Å². The Bertz CT molecular complexity index is 307. The van der Waals surface area contributed by atoms with E-state index in [4.69, 9.17) is 0 Å². The number of carbonyl (C=O) groups excluding carboxylic acids is 3. The smallest absolute Gasteiger partial charge is 0.223 e. The lowest BCUT2D eigenvalue weighted by Crippen LogP contribution is -2.42. The molecule has 1 heterocycles. The molecule has 0 aliphatic carbocycles. The van der Waals surface area contributed by atoms with Gasteiger partial charge < -0.3 is 15.0 Å². The van der Waals surface area contributed by atoms with Crippen molar-refractivity contribution in [2.75, 3.05) is 20.1 Å². The van der Waals surface area contributed by atoms with E-state index < -0.39 is 0 Å². The van der Waals surface area contributed by atoms with Crippen LogP contribution >= 0.6 is 0 Å². The van der Waals surface area contributed by atoms with Crippen LogP contribution in [0.4, 0.5) is 0 Å². The number of hydrogen-bond acceptors (Lipinski definition) is 3. The van der Waals surface area contributed by atoms with E-state index in [1.54, 1.807) is 11.9 Å². The van der Waals surface area contributed by atoms with Crippen LogP contribution < -0.4 is 5.32 Å². The molecule has 0 spiro atoms. The van der Waals surface area contributed by atoms with Crippen LogP contribution in [0.2, 0.25) is 0 Å². The first-order valence-corrected chi connectivity index (χ1v) is 6.03. The molecule has 96 valence electrons. The van der Waals surface area contributed by atoms with Gasteiger partial charge in [-0.15, -0.1) is 0 Å². The van der Waals surface area contributed by atoms with Crippen molar-refractivity contribution in [1.82, 2.24) is 10.2 Å². The Morgan fingerprint density at radius 2 is 1.76 bits per heavy atom. The van der Waals surface area contributed by atoms with Crippen molar-refractivity contribution in [3.8, 4) is 0 Å². The lowest BCUT2D eigenvalue weighted by molar-refractivity contribution is -0.136. The lowest BCUT2D eigenvalue weighted by atomic mass is 9.95. The molecule has 1 aliphatic heterocycles. The third kappa shape index (κ3) is 4.17. The second kappa shape index (κ2) is 6.37. The van der Waals surface area contributed by atoms with E-state index >= 15 is 0 Å². The molecule has 2 amide bonds. The van der Waals surface area contributed by atoms with Gasteiger partial charge in [-0.25, -0.2) is 0 Å². The SMILES string of the molecule is CNC(=O)C1CCN(C(=O)CCC(C)=O)CC1. The van der Waals surface area contributed by atoms with E-state index in [-0.39, 0.29) is 23.5 Å². The number of ketones is 1. The maximum atomic E-state index is 11.7. The summed E-state index contributed by atoms with van der Waals surface area (Å²) in [5, 5.41) is 2.63. The number of nitrogens with zero attached hydrogens (tertiary/aromatic N) is 1. The van der Waals surface area contributed by atoms with Crippen molar-refractivity contribution in [3.63, 3.8) is 0 Å². The standard InChI is InChI=1S/C12H20N2O3/c1-9(15)3-4-11(16)14-7-5-10(6-8-14)12(17)13-2/h10H,3-8H2,1-2H3,(H,13,17). The fourth-order valence-electron chi connectivity index (χ4n) is 2.04. The third-order valence-corrected chi connectivity index (χ3v) is 3.16. The molecule has 17 heavy (non-hydrogen) atoms. The first-order valence-electron chi connectivity index (χ1n) is 6.03. The number of carbonyl (C=O) groups is 3. The van der Waals surface area contributed by atoms with Gasteiger partial charge in [0, 0.05) is 38.9 Å². The van der Waals surface area contributed by atoms with E-state index in [9.17, 15) is 14.4 Å². The molecule has 1 fully saturated rings. The molecular formula is C12H20N2O3. The van der Waals surface area contributed by atoms with Crippen molar-refractivity contribution in [1.29, 1.82) is 0 Å². The zero-order valence-corrected chi connectivity index (χ0v) is 10.5. The topological polar surface area (TPSA) is 66.5 Å². The second-order valence-corrected chi connectivity index (χ2v) is 4.47. The molecule has 1 saturated heterocycles. The number of rotatable bonds is 4.